The molecule has 1 aromatic rings. The molecule has 30 heavy (non-hydrogen) atoms. The fourth-order valence-electron chi connectivity index (χ4n) is 4.59. The molecule has 2 atom stereocenters. The van der Waals surface area contributed by atoms with Gasteiger partial charge in [0, 0.05) is 11.5 Å². The number of nitrogens with zero attached hydrogens (tertiary/aromatic N) is 2. The van der Waals surface area contributed by atoms with Crippen LogP contribution in [0.25, 0.3) is 0 Å². The predicted octanol–water partition coefficient (Wildman–Crippen LogP) is 3.79. The second-order valence-electron chi connectivity index (χ2n) is 7.83. The Labute approximate surface area is 185 Å². The maximum atomic E-state index is 13.3. The Morgan fingerprint density at radius 1 is 1.03 bits per heavy atom. The van der Waals surface area contributed by atoms with Crippen molar-refractivity contribution in [2.45, 2.75) is 45.6 Å². The lowest BCUT2D eigenvalue weighted by Crippen LogP contribution is -2.51. The third-order valence-electron chi connectivity index (χ3n) is 6.04. The molecule has 0 saturated carbocycles. The quantitative estimate of drug-likeness (QED) is 0.693. The molecule has 2 heterocycles. The first-order valence-corrected chi connectivity index (χ1v) is 10.9. The zero-order chi connectivity index (χ0) is 20.2. The van der Waals surface area contributed by atoms with Crippen molar-refractivity contribution < 1.29 is 14.3 Å². The fourth-order valence-corrected chi connectivity index (χ4v) is 4.59. The summed E-state index contributed by atoms with van der Waals surface area (Å²) in [7, 11) is 0. The number of fused-ring (bicyclic) bond motifs is 1. The van der Waals surface area contributed by atoms with Gasteiger partial charge in [0.15, 0.2) is 11.5 Å². The van der Waals surface area contributed by atoms with Gasteiger partial charge < -0.3 is 14.8 Å². The molecule has 7 heteroatoms. The number of halogens is 1. The molecule has 1 aliphatic carbocycles. The van der Waals surface area contributed by atoms with Crippen LogP contribution in [0.5, 0.6) is 11.5 Å². The molecule has 0 aromatic heterocycles. The Morgan fingerprint density at radius 2 is 1.70 bits per heavy atom. The minimum absolute atomic E-state index is 0. The van der Waals surface area contributed by atoms with Crippen LogP contribution in [0.3, 0.4) is 0 Å². The average molecular weight is 434 g/mol. The van der Waals surface area contributed by atoms with E-state index in [2.05, 4.69) is 23.5 Å². The van der Waals surface area contributed by atoms with Gasteiger partial charge in [-0.05, 0) is 70.8 Å². The lowest BCUT2D eigenvalue weighted by molar-refractivity contribution is -0.141. The number of hydrogen-bond donors (Lipinski definition) is 1. The molecule has 1 amide bonds. The van der Waals surface area contributed by atoms with Gasteiger partial charge in [-0.15, -0.1) is 12.4 Å². The Bertz CT molecular complexity index is 805. The van der Waals surface area contributed by atoms with E-state index in [4.69, 9.17) is 14.6 Å². The first-order chi connectivity index (χ1) is 14.2. The van der Waals surface area contributed by atoms with Crippen molar-refractivity contribution >= 4 is 24.0 Å². The summed E-state index contributed by atoms with van der Waals surface area (Å²) in [5.74, 6) is 1.78. The highest BCUT2D eigenvalue weighted by atomic mass is 35.5. The summed E-state index contributed by atoms with van der Waals surface area (Å²) in [4.78, 5) is 13.3. The van der Waals surface area contributed by atoms with Gasteiger partial charge in [0.05, 0.1) is 30.9 Å². The zero-order valence-electron chi connectivity index (χ0n) is 17.8. The van der Waals surface area contributed by atoms with Gasteiger partial charge in [-0.3, -0.25) is 4.79 Å². The van der Waals surface area contributed by atoms with Gasteiger partial charge in [-0.1, -0.05) is 12.2 Å². The number of piperidine rings is 1. The SMILES string of the molecule is CCOc1ccc(C2=NN(C3CCNCC3)C(=O)[C@@H]3CC=CC[C@H]23)cc1OCC.Cl. The lowest BCUT2D eigenvalue weighted by Gasteiger charge is -2.41. The predicted molar refractivity (Wildman–Crippen MR) is 121 cm³/mol. The van der Waals surface area contributed by atoms with Crippen LogP contribution in [0.2, 0.25) is 0 Å². The molecule has 0 bridgehead atoms. The number of hydrogen-bond acceptors (Lipinski definition) is 5. The fraction of sp³-hybridized carbons (Fsp3) is 0.565. The van der Waals surface area contributed by atoms with Crippen molar-refractivity contribution in [2.24, 2.45) is 16.9 Å². The van der Waals surface area contributed by atoms with Crippen molar-refractivity contribution in [3.63, 3.8) is 0 Å². The number of hydrazone groups is 1. The monoisotopic (exact) mass is 433 g/mol. The van der Waals surface area contributed by atoms with Crippen molar-refractivity contribution in [3.8, 4) is 11.5 Å². The Morgan fingerprint density at radius 3 is 2.40 bits per heavy atom. The van der Waals surface area contributed by atoms with E-state index in [0.29, 0.717) is 13.2 Å². The minimum Gasteiger partial charge on any atom is -0.490 e. The summed E-state index contributed by atoms with van der Waals surface area (Å²) in [6, 6.07) is 6.22. The van der Waals surface area contributed by atoms with Gasteiger partial charge in [0.25, 0.3) is 0 Å². The average Bonchev–Trinajstić information content (AvgIpc) is 2.76. The number of allylic oxidation sites excluding steroid dienone is 2. The molecule has 3 aliphatic rings. The molecule has 0 spiro atoms. The van der Waals surface area contributed by atoms with Crippen LogP contribution in [-0.2, 0) is 4.79 Å². The number of amides is 1. The number of rotatable bonds is 6. The van der Waals surface area contributed by atoms with Crippen LogP contribution in [0, 0.1) is 11.8 Å². The van der Waals surface area contributed by atoms with E-state index in [0.717, 1.165) is 61.5 Å². The molecule has 4 rings (SSSR count). The highest BCUT2D eigenvalue weighted by molar-refractivity contribution is 6.07. The highest BCUT2D eigenvalue weighted by Crippen LogP contribution is 2.38. The Kier molecular flexibility index (Phi) is 7.78. The summed E-state index contributed by atoms with van der Waals surface area (Å²) in [5, 5.41) is 10.1. The summed E-state index contributed by atoms with van der Waals surface area (Å²) < 4.78 is 11.6. The molecule has 1 N–H and O–H groups in total. The van der Waals surface area contributed by atoms with E-state index >= 15 is 0 Å². The number of carbonyl (C=O) groups is 1. The lowest BCUT2D eigenvalue weighted by atomic mass is 9.76. The van der Waals surface area contributed by atoms with Crippen molar-refractivity contribution in [1.29, 1.82) is 0 Å². The van der Waals surface area contributed by atoms with Crippen LogP contribution >= 0.6 is 12.4 Å². The molecule has 6 nitrogen and oxygen atoms in total. The van der Waals surface area contributed by atoms with Crippen LogP contribution in [0.4, 0.5) is 0 Å². The zero-order valence-corrected chi connectivity index (χ0v) is 18.6. The third-order valence-corrected chi connectivity index (χ3v) is 6.04. The minimum atomic E-state index is -0.0236. The first kappa shape index (κ1) is 22.6. The van der Waals surface area contributed by atoms with Crippen LogP contribution in [-0.4, -0.2) is 49.0 Å². The van der Waals surface area contributed by atoms with Gasteiger partial charge in [0.2, 0.25) is 5.91 Å². The summed E-state index contributed by atoms with van der Waals surface area (Å²) in [6.07, 6.45) is 7.87. The first-order valence-electron chi connectivity index (χ1n) is 10.9. The summed E-state index contributed by atoms with van der Waals surface area (Å²) >= 11 is 0. The molecule has 164 valence electrons. The molecule has 1 fully saturated rings. The van der Waals surface area contributed by atoms with Gasteiger partial charge >= 0.3 is 0 Å². The van der Waals surface area contributed by atoms with Crippen LogP contribution < -0.4 is 14.8 Å². The van der Waals surface area contributed by atoms with Crippen LogP contribution in [0.15, 0.2) is 35.5 Å². The van der Waals surface area contributed by atoms with E-state index in [1.165, 1.54) is 0 Å². The van der Waals surface area contributed by atoms with Crippen molar-refractivity contribution in [2.75, 3.05) is 26.3 Å². The summed E-state index contributed by atoms with van der Waals surface area (Å²) in [5.41, 5.74) is 2.02. The Hall–Kier alpha value is -2.05. The van der Waals surface area contributed by atoms with Gasteiger partial charge in [0.1, 0.15) is 0 Å². The molecule has 0 radical (unpaired) electrons. The van der Waals surface area contributed by atoms with E-state index in [9.17, 15) is 4.79 Å². The molecule has 1 aromatic carbocycles. The van der Waals surface area contributed by atoms with Gasteiger partial charge in [-0.25, -0.2) is 5.01 Å². The topological polar surface area (TPSA) is 63.2 Å². The van der Waals surface area contributed by atoms with E-state index < -0.39 is 0 Å². The molecule has 1 saturated heterocycles. The van der Waals surface area contributed by atoms with E-state index in [1.807, 2.05) is 26.0 Å². The van der Waals surface area contributed by atoms with Crippen LogP contribution in [0.1, 0.15) is 45.1 Å². The molecular weight excluding hydrogens is 402 g/mol. The number of nitrogens with one attached hydrogen (secondary N) is 1. The van der Waals surface area contributed by atoms with E-state index in [-0.39, 0.29) is 36.2 Å². The third kappa shape index (κ3) is 4.49. The van der Waals surface area contributed by atoms with Crippen molar-refractivity contribution in [1.82, 2.24) is 10.3 Å². The summed E-state index contributed by atoms with van der Waals surface area (Å²) in [6.45, 7) is 6.98. The second kappa shape index (κ2) is 10.3. The van der Waals surface area contributed by atoms with Gasteiger partial charge in [-0.2, -0.15) is 5.10 Å². The maximum absolute atomic E-state index is 13.3. The standard InChI is InChI=1S/C23H31N3O3.ClH/c1-3-28-20-10-9-16(15-21(20)29-4-2)22-18-7-5-6-8-19(18)23(27)26(25-22)17-11-13-24-14-12-17;/h5-6,9-10,15,17-19,24H,3-4,7-8,11-14H2,1-2H3;1H/t18-,19+;/m0./s1. The number of benzene rings is 1. The van der Waals surface area contributed by atoms with Crippen molar-refractivity contribution in [3.05, 3.63) is 35.9 Å². The largest absolute Gasteiger partial charge is 0.490 e. The maximum Gasteiger partial charge on any atom is 0.247 e. The number of ether oxygens (including phenoxy) is 2. The van der Waals surface area contributed by atoms with E-state index in [1.54, 1.807) is 5.01 Å². The second-order valence-corrected chi connectivity index (χ2v) is 7.83. The Balaban J connectivity index is 0.00000256. The smallest absolute Gasteiger partial charge is 0.247 e. The molecule has 0 unspecified atom stereocenters. The molecule has 2 aliphatic heterocycles. The highest BCUT2D eigenvalue weighted by Gasteiger charge is 2.42. The normalized spacial score (nSPS) is 24.0. The molecular formula is C23H32ClN3O3. The number of carbonyl (C=O) groups excluding carboxylic acids is 1.